The maximum atomic E-state index is 13.7. The van der Waals surface area contributed by atoms with Crippen LogP contribution in [0.2, 0.25) is 0 Å². The van der Waals surface area contributed by atoms with Crippen LogP contribution >= 0.6 is 0 Å². The van der Waals surface area contributed by atoms with Crippen LogP contribution in [0.5, 0.6) is 0 Å². The van der Waals surface area contributed by atoms with E-state index in [1.807, 2.05) is 0 Å². The highest BCUT2D eigenvalue weighted by Gasteiger charge is 2.16. The van der Waals surface area contributed by atoms with Gasteiger partial charge in [0.1, 0.15) is 11.5 Å². The Labute approximate surface area is 122 Å². The molecule has 2 aromatic rings. The lowest BCUT2D eigenvalue weighted by atomic mass is 10.2. The first kappa shape index (κ1) is 15.2. The van der Waals surface area contributed by atoms with Crippen molar-refractivity contribution in [2.45, 2.75) is 19.4 Å². The van der Waals surface area contributed by atoms with Gasteiger partial charge in [0.25, 0.3) is 5.91 Å². The maximum Gasteiger partial charge on any atom is 0.274 e. The number of benzene rings is 1. The fourth-order valence-corrected chi connectivity index (χ4v) is 1.89. The van der Waals surface area contributed by atoms with Crippen molar-refractivity contribution < 1.29 is 14.3 Å². The van der Waals surface area contributed by atoms with Crippen LogP contribution in [0.25, 0.3) is 5.69 Å². The molecule has 0 aliphatic heterocycles. The standard InChI is InChI=1S/C15H18FN3O2/c1-11(20)7-9-18(2)15(21)13-8-10-19(17-13)14-6-4-3-5-12(14)16/h3-6,8,10-11,20H,7,9H2,1-2H3. The van der Waals surface area contributed by atoms with Gasteiger partial charge in [-0.1, -0.05) is 12.1 Å². The lowest BCUT2D eigenvalue weighted by molar-refractivity contribution is 0.0762. The summed E-state index contributed by atoms with van der Waals surface area (Å²) in [4.78, 5) is 13.6. The summed E-state index contributed by atoms with van der Waals surface area (Å²) in [7, 11) is 1.65. The summed E-state index contributed by atoms with van der Waals surface area (Å²) < 4.78 is 15.0. The second-order valence-corrected chi connectivity index (χ2v) is 4.96. The van der Waals surface area contributed by atoms with Crippen molar-refractivity contribution in [3.63, 3.8) is 0 Å². The molecule has 1 aromatic carbocycles. The fraction of sp³-hybridized carbons (Fsp3) is 0.333. The summed E-state index contributed by atoms with van der Waals surface area (Å²) in [6.07, 6.45) is 1.58. The van der Waals surface area contributed by atoms with Crippen LogP contribution in [0.3, 0.4) is 0 Å². The normalized spacial score (nSPS) is 12.2. The molecule has 1 N–H and O–H groups in total. The average molecular weight is 291 g/mol. The summed E-state index contributed by atoms with van der Waals surface area (Å²) in [6, 6.07) is 7.78. The molecule has 112 valence electrons. The Hall–Kier alpha value is -2.21. The molecule has 0 aliphatic carbocycles. The lowest BCUT2D eigenvalue weighted by Crippen LogP contribution is -2.29. The van der Waals surface area contributed by atoms with Gasteiger partial charge >= 0.3 is 0 Å². The molecule has 21 heavy (non-hydrogen) atoms. The lowest BCUT2D eigenvalue weighted by Gasteiger charge is -2.16. The SMILES string of the molecule is CC(O)CCN(C)C(=O)c1ccn(-c2ccccc2F)n1. The van der Waals surface area contributed by atoms with Gasteiger partial charge in [-0.05, 0) is 31.5 Å². The molecule has 6 heteroatoms. The van der Waals surface area contributed by atoms with E-state index in [-0.39, 0.29) is 11.6 Å². The number of carbonyl (C=O) groups is 1. The van der Waals surface area contributed by atoms with Gasteiger partial charge in [-0.15, -0.1) is 0 Å². The molecule has 1 aromatic heterocycles. The molecule has 0 spiro atoms. The Bertz CT molecular complexity index is 625. The number of halogens is 1. The molecule has 0 radical (unpaired) electrons. The molecular weight excluding hydrogens is 273 g/mol. The first-order valence-electron chi connectivity index (χ1n) is 6.73. The van der Waals surface area contributed by atoms with Crippen molar-refractivity contribution in [3.8, 4) is 5.69 Å². The molecule has 0 saturated heterocycles. The van der Waals surface area contributed by atoms with E-state index >= 15 is 0 Å². The van der Waals surface area contributed by atoms with Gasteiger partial charge < -0.3 is 10.0 Å². The zero-order valence-corrected chi connectivity index (χ0v) is 12.0. The Morgan fingerprint density at radius 2 is 2.14 bits per heavy atom. The Morgan fingerprint density at radius 1 is 1.43 bits per heavy atom. The first-order chi connectivity index (χ1) is 9.99. The van der Waals surface area contributed by atoms with Gasteiger partial charge in [0.2, 0.25) is 0 Å². The summed E-state index contributed by atoms with van der Waals surface area (Å²) in [5.41, 5.74) is 0.537. The van der Waals surface area contributed by atoms with Crippen LogP contribution < -0.4 is 0 Å². The second-order valence-electron chi connectivity index (χ2n) is 4.96. The molecule has 0 bridgehead atoms. The molecule has 2 rings (SSSR count). The Balaban J connectivity index is 2.13. The zero-order valence-electron chi connectivity index (χ0n) is 12.0. The quantitative estimate of drug-likeness (QED) is 0.914. The van der Waals surface area contributed by atoms with Gasteiger partial charge in [0, 0.05) is 19.8 Å². The van der Waals surface area contributed by atoms with Gasteiger partial charge in [-0.3, -0.25) is 4.79 Å². The molecule has 0 saturated carbocycles. The smallest absolute Gasteiger partial charge is 0.274 e. The number of aliphatic hydroxyl groups is 1. The van der Waals surface area contributed by atoms with Crippen molar-refractivity contribution in [1.82, 2.24) is 14.7 Å². The Kier molecular flexibility index (Phi) is 4.70. The summed E-state index contributed by atoms with van der Waals surface area (Å²) in [5, 5.41) is 13.3. The van der Waals surface area contributed by atoms with Gasteiger partial charge in [0.05, 0.1) is 6.10 Å². The van der Waals surface area contributed by atoms with Crippen LogP contribution in [0.4, 0.5) is 4.39 Å². The monoisotopic (exact) mass is 291 g/mol. The van der Waals surface area contributed by atoms with Gasteiger partial charge in [0.15, 0.2) is 5.69 Å². The van der Waals surface area contributed by atoms with Crippen molar-refractivity contribution in [3.05, 3.63) is 48.0 Å². The Morgan fingerprint density at radius 3 is 2.81 bits per heavy atom. The third-order valence-electron chi connectivity index (χ3n) is 3.14. The fourth-order valence-electron chi connectivity index (χ4n) is 1.89. The number of hydrogen-bond acceptors (Lipinski definition) is 3. The van der Waals surface area contributed by atoms with Crippen LogP contribution in [0.1, 0.15) is 23.8 Å². The largest absolute Gasteiger partial charge is 0.393 e. The van der Waals surface area contributed by atoms with Crippen molar-refractivity contribution in [2.24, 2.45) is 0 Å². The highest BCUT2D eigenvalue weighted by molar-refractivity contribution is 5.92. The maximum absolute atomic E-state index is 13.7. The minimum absolute atomic E-state index is 0.242. The number of rotatable bonds is 5. The van der Waals surface area contributed by atoms with Crippen LogP contribution in [0.15, 0.2) is 36.5 Å². The topological polar surface area (TPSA) is 58.4 Å². The predicted octanol–water partition coefficient (Wildman–Crippen LogP) is 1.85. The zero-order chi connectivity index (χ0) is 15.4. The number of para-hydroxylation sites is 1. The van der Waals surface area contributed by atoms with Crippen LogP contribution in [-0.4, -0.2) is 45.4 Å². The summed E-state index contributed by atoms with van der Waals surface area (Å²) >= 11 is 0. The minimum atomic E-state index is -0.462. The van der Waals surface area contributed by atoms with E-state index in [1.165, 1.54) is 15.6 Å². The van der Waals surface area contributed by atoms with Crippen molar-refractivity contribution in [2.75, 3.05) is 13.6 Å². The average Bonchev–Trinajstić information content (AvgIpc) is 2.94. The van der Waals surface area contributed by atoms with Crippen LogP contribution in [-0.2, 0) is 0 Å². The van der Waals surface area contributed by atoms with Crippen LogP contribution in [0, 0.1) is 5.82 Å². The van der Waals surface area contributed by atoms with Crippen molar-refractivity contribution in [1.29, 1.82) is 0 Å². The predicted molar refractivity (Wildman–Crippen MR) is 76.8 cm³/mol. The molecule has 1 unspecified atom stereocenters. The summed E-state index contributed by atoms with van der Waals surface area (Å²) in [5.74, 6) is -0.659. The van der Waals surface area contributed by atoms with E-state index in [0.29, 0.717) is 18.7 Å². The van der Waals surface area contributed by atoms with E-state index in [0.717, 1.165) is 0 Å². The number of aliphatic hydroxyl groups excluding tert-OH is 1. The third-order valence-corrected chi connectivity index (χ3v) is 3.14. The number of nitrogens with zero attached hydrogens (tertiary/aromatic N) is 3. The first-order valence-corrected chi connectivity index (χ1v) is 6.73. The highest BCUT2D eigenvalue weighted by Crippen LogP contribution is 2.12. The minimum Gasteiger partial charge on any atom is -0.393 e. The van der Waals surface area contributed by atoms with E-state index in [1.54, 1.807) is 44.4 Å². The number of aromatic nitrogens is 2. The molecule has 1 heterocycles. The molecule has 0 aliphatic rings. The highest BCUT2D eigenvalue weighted by atomic mass is 19.1. The molecule has 5 nitrogen and oxygen atoms in total. The van der Waals surface area contributed by atoms with Crippen molar-refractivity contribution >= 4 is 5.91 Å². The summed E-state index contributed by atoms with van der Waals surface area (Å²) in [6.45, 7) is 2.11. The molecule has 1 atom stereocenters. The van der Waals surface area contributed by atoms with Gasteiger partial charge in [-0.25, -0.2) is 9.07 Å². The van der Waals surface area contributed by atoms with E-state index in [4.69, 9.17) is 0 Å². The third kappa shape index (κ3) is 3.66. The number of carbonyl (C=O) groups excluding carboxylic acids is 1. The van der Waals surface area contributed by atoms with E-state index < -0.39 is 11.9 Å². The van der Waals surface area contributed by atoms with E-state index in [2.05, 4.69) is 5.10 Å². The van der Waals surface area contributed by atoms with Gasteiger partial charge in [-0.2, -0.15) is 5.10 Å². The number of hydrogen-bond donors (Lipinski definition) is 1. The molecular formula is C15H18FN3O2. The molecule has 1 amide bonds. The van der Waals surface area contributed by atoms with E-state index in [9.17, 15) is 14.3 Å². The molecule has 0 fully saturated rings. The second kappa shape index (κ2) is 6.49. The number of amides is 1.